The molecule has 0 spiro atoms. The molecule has 0 aliphatic heterocycles. The van der Waals surface area contributed by atoms with Gasteiger partial charge in [0.05, 0.1) is 12.0 Å². The Bertz CT molecular complexity index is 744. The van der Waals surface area contributed by atoms with Gasteiger partial charge in [0, 0.05) is 36.5 Å². The molecule has 0 aliphatic carbocycles. The molecule has 0 radical (unpaired) electrons. The van der Waals surface area contributed by atoms with E-state index in [0.29, 0.717) is 13.0 Å². The first kappa shape index (κ1) is 18.3. The highest BCUT2D eigenvalue weighted by Gasteiger charge is 2.14. The molecule has 2 aromatic rings. The fourth-order valence-corrected chi connectivity index (χ4v) is 2.30. The van der Waals surface area contributed by atoms with Gasteiger partial charge in [-0.2, -0.15) is 0 Å². The topological polar surface area (TPSA) is 93.5 Å². The molecule has 0 bridgehead atoms. The van der Waals surface area contributed by atoms with Crippen LogP contribution in [0.2, 0.25) is 0 Å². The Labute approximate surface area is 146 Å². The number of hydrogen-bond acceptors (Lipinski definition) is 5. The van der Waals surface area contributed by atoms with Gasteiger partial charge in [-0.3, -0.25) is 14.9 Å². The summed E-state index contributed by atoms with van der Waals surface area (Å²) in [7, 11) is 1.40. The van der Waals surface area contributed by atoms with Gasteiger partial charge in [0.25, 0.3) is 0 Å². The van der Waals surface area contributed by atoms with Gasteiger partial charge in [-0.15, -0.1) is 0 Å². The Morgan fingerprint density at radius 2 is 1.84 bits per heavy atom. The van der Waals surface area contributed by atoms with Crippen LogP contribution < -0.4 is 15.4 Å². The van der Waals surface area contributed by atoms with E-state index in [0.717, 1.165) is 23.4 Å². The number of nitrogens with one attached hydrogen (secondary N) is 2. The molecule has 0 saturated heterocycles. The van der Waals surface area contributed by atoms with Crippen LogP contribution in [0.4, 0.5) is 17.1 Å². The number of hydrogen-bond donors (Lipinski definition) is 2. The second-order valence-corrected chi connectivity index (χ2v) is 5.49. The first-order valence-electron chi connectivity index (χ1n) is 7.98. The standard InChI is InChI=1S/C18H21N3O4/c1-3-4-18(22)20-14-7-5-13(6-8-14)12-19-15-9-10-16(21(23)24)17(11-15)25-2/h5-11,19H,3-4,12H2,1-2H3,(H,20,22). The lowest BCUT2D eigenvalue weighted by atomic mass is 10.2. The normalized spacial score (nSPS) is 10.2. The van der Waals surface area contributed by atoms with Crippen molar-refractivity contribution in [1.82, 2.24) is 0 Å². The first-order chi connectivity index (χ1) is 12.0. The highest BCUT2D eigenvalue weighted by atomic mass is 16.6. The van der Waals surface area contributed by atoms with Gasteiger partial charge in [-0.25, -0.2) is 0 Å². The summed E-state index contributed by atoms with van der Waals surface area (Å²) in [6.45, 7) is 2.51. The molecule has 2 N–H and O–H groups in total. The zero-order valence-corrected chi connectivity index (χ0v) is 14.2. The Hall–Kier alpha value is -3.09. The van der Waals surface area contributed by atoms with E-state index in [1.807, 2.05) is 31.2 Å². The number of carbonyl (C=O) groups excluding carboxylic acids is 1. The number of benzene rings is 2. The van der Waals surface area contributed by atoms with Gasteiger partial charge in [-0.05, 0) is 30.2 Å². The van der Waals surface area contributed by atoms with Gasteiger partial charge < -0.3 is 15.4 Å². The Balaban J connectivity index is 1.97. The van der Waals surface area contributed by atoms with E-state index < -0.39 is 4.92 Å². The summed E-state index contributed by atoms with van der Waals surface area (Å²) in [6, 6.07) is 12.2. The van der Waals surface area contributed by atoms with E-state index in [-0.39, 0.29) is 17.3 Å². The third-order valence-corrected chi connectivity index (χ3v) is 3.59. The van der Waals surface area contributed by atoms with Crippen LogP contribution in [-0.2, 0) is 11.3 Å². The summed E-state index contributed by atoms with van der Waals surface area (Å²) >= 11 is 0. The highest BCUT2D eigenvalue weighted by Crippen LogP contribution is 2.29. The minimum absolute atomic E-state index is 0.00588. The number of carbonyl (C=O) groups is 1. The number of nitrogens with zero attached hydrogens (tertiary/aromatic N) is 1. The zero-order chi connectivity index (χ0) is 18.2. The van der Waals surface area contributed by atoms with E-state index >= 15 is 0 Å². The molecule has 0 aromatic heterocycles. The summed E-state index contributed by atoms with van der Waals surface area (Å²) in [5.41, 5.74) is 2.44. The van der Waals surface area contributed by atoms with Crippen LogP contribution in [0.3, 0.4) is 0 Å². The van der Waals surface area contributed by atoms with Gasteiger partial charge in [-0.1, -0.05) is 19.1 Å². The van der Waals surface area contributed by atoms with Crippen molar-refractivity contribution in [1.29, 1.82) is 0 Å². The molecule has 0 unspecified atom stereocenters. The summed E-state index contributed by atoms with van der Waals surface area (Å²) in [4.78, 5) is 22.0. The lowest BCUT2D eigenvalue weighted by molar-refractivity contribution is -0.385. The lowest BCUT2D eigenvalue weighted by Gasteiger charge is -2.10. The number of nitro benzene ring substituents is 1. The maximum Gasteiger partial charge on any atom is 0.311 e. The van der Waals surface area contributed by atoms with Crippen LogP contribution >= 0.6 is 0 Å². The van der Waals surface area contributed by atoms with E-state index in [2.05, 4.69) is 10.6 Å². The minimum Gasteiger partial charge on any atom is -0.490 e. The van der Waals surface area contributed by atoms with Crippen molar-refractivity contribution in [2.75, 3.05) is 17.7 Å². The molecule has 7 heteroatoms. The summed E-state index contributed by atoms with van der Waals surface area (Å²) < 4.78 is 5.05. The summed E-state index contributed by atoms with van der Waals surface area (Å²) in [6.07, 6.45) is 1.32. The van der Waals surface area contributed by atoms with E-state index in [9.17, 15) is 14.9 Å². The number of anilines is 2. The molecule has 2 aromatic carbocycles. The number of nitro groups is 1. The smallest absolute Gasteiger partial charge is 0.311 e. The summed E-state index contributed by atoms with van der Waals surface area (Å²) in [5.74, 6) is 0.218. The first-order valence-corrected chi connectivity index (χ1v) is 7.98. The molecule has 1 amide bonds. The third-order valence-electron chi connectivity index (χ3n) is 3.59. The van der Waals surface area contributed by atoms with Gasteiger partial charge in [0.1, 0.15) is 0 Å². The predicted octanol–water partition coefficient (Wildman–Crippen LogP) is 3.95. The van der Waals surface area contributed by atoms with Crippen molar-refractivity contribution in [3.05, 3.63) is 58.1 Å². The van der Waals surface area contributed by atoms with Crippen molar-refractivity contribution in [3.63, 3.8) is 0 Å². The van der Waals surface area contributed by atoms with Crippen molar-refractivity contribution >= 4 is 23.0 Å². The van der Waals surface area contributed by atoms with Crippen molar-refractivity contribution in [3.8, 4) is 5.75 Å². The van der Waals surface area contributed by atoms with Gasteiger partial charge >= 0.3 is 5.69 Å². The largest absolute Gasteiger partial charge is 0.490 e. The Morgan fingerprint density at radius 3 is 2.44 bits per heavy atom. The second kappa shape index (κ2) is 8.68. The van der Waals surface area contributed by atoms with Crippen LogP contribution in [0, 0.1) is 10.1 Å². The third kappa shape index (κ3) is 5.20. The summed E-state index contributed by atoms with van der Waals surface area (Å²) in [5, 5.41) is 16.9. The molecule has 7 nitrogen and oxygen atoms in total. The molecule has 0 aliphatic rings. The van der Waals surface area contributed by atoms with Crippen LogP contribution in [-0.4, -0.2) is 17.9 Å². The lowest BCUT2D eigenvalue weighted by Crippen LogP contribution is -2.10. The maximum atomic E-state index is 11.6. The number of rotatable bonds is 8. The van der Waals surface area contributed by atoms with E-state index in [1.165, 1.54) is 13.2 Å². The fourth-order valence-electron chi connectivity index (χ4n) is 2.30. The monoisotopic (exact) mass is 343 g/mol. The Morgan fingerprint density at radius 1 is 1.16 bits per heavy atom. The molecule has 0 fully saturated rings. The molecule has 0 atom stereocenters. The number of methoxy groups -OCH3 is 1. The fraction of sp³-hybridized carbons (Fsp3) is 0.278. The molecule has 0 saturated carbocycles. The molecular weight excluding hydrogens is 322 g/mol. The number of amides is 1. The quantitative estimate of drug-likeness (QED) is 0.559. The van der Waals surface area contributed by atoms with Crippen molar-refractivity contribution < 1.29 is 14.5 Å². The predicted molar refractivity (Wildman–Crippen MR) is 97.0 cm³/mol. The maximum absolute atomic E-state index is 11.6. The van der Waals surface area contributed by atoms with Crippen LogP contribution in [0.5, 0.6) is 5.75 Å². The SMILES string of the molecule is CCCC(=O)Nc1ccc(CNc2ccc([N+](=O)[O-])c(OC)c2)cc1. The second-order valence-electron chi connectivity index (χ2n) is 5.49. The van der Waals surface area contributed by atoms with Crippen LogP contribution in [0.25, 0.3) is 0 Å². The number of ether oxygens (including phenoxy) is 1. The van der Waals surface area contributed by atoms with Gasteiger partial charge in [0.15, 0.2) is 5.75 Å². The van der Waals surface area contributed by atoms with Crippen molar-refractivity contribution in [2.45, 2.75) is 26.3 Å². The molecule has 0 heterocycles. The molecule has 132 valence electrons. The Kier molecular flexibility index (Phi) is 6.33. The van der Waals surface area contributed by atoms with E-state index in [1.54, 1.807) is 12.1 Å². The minimum atomic E-state index is -0.478. The molecule has 25 heavy (non-hydrogen) atoms. The zero-order valence-electron chi connectivity index (χ0n) is 14.2. The van der Waals surface area contributed by atoms with Crippen LogP contribution in [0.1, 0.15) is 25.3 Å². The van der Waals surface area contributed by atoms with Crippen molar-refractivity contribution in [2.24, 2.45) is 0 Å². The average molecular weight is 343 g/mol. The van der Waals surface area contributed by atoms with Crippen LogP contribution in [0.15, 0.2) is 42.5 Å². The average Bonchev–Trinajstić information content (AvgIpc) is 2.61. The van der Waals surface area contributed by atoms with E-state index in [4.69, 9.17) is 4.74 Å². The van der Waals surface area contributed by atoms with Gasteiger partial charge in [0.2, 0.25) is 5.91 Å². The highest BCUT2D eigenvalue weighted by molar-refractivity contribution is 5.90. The molecular formula is C18H21N3O4. The molecule has 2 rings (SSSR count).